The quantitative estimate of drug-likeness (QED) is 0.910. The highest BCUT2D eigenvalue weighted by Crippen LogP contribution is 2.30. The molecule has 0 saturated carbocycles. The van der Waals surface area contributed by atoms with Crippen LogP contribution in [0.1, 0.15) is 36.9 Å². The maximum atomic E-state index is 12.3. The summed E-state index contributed by atoms with van der Waals surface area (Å²) >= 11 is 0. The molecule has 5 heteroatoms. The van der Waals surface area contributed by atoms with Crippen LogP contribution in [-0.2, 0) is 22.5 Å². The van der Waals surface area contributed by atoms with Crippen molar-refractivity contribution in [3.05, 3.63) is 23.5 Å². The Labute approximate surface area is 126 Å². The van der Waals surface area contributed by atoms with Crippen molar-refractivity contribution in [3.63, 3.8) is 0 Å². The van der Waals surface area contributed by atoms with E-state index in [0.29, 0.717) is 25.8 Å². The number of rotatable bonds is 4. The molecule has 1 unspecified atom stereocenters. The summed E-state index contributed by atoms with van der Waals surface area (Å²) in [5, 5.41) is 3.55. The van der Waals surface area contributed by atoms with Crippen LogP contribution in [0.25, 0.3) is 0 Å². The number of morpholine rings is 1. The lowest BCUT2D eigenvalue weighted by atomic mass is 9.91. The van der Waals surface area contributed by atoms with Crippen LogP contribution in [0.4, 0.5) is 0 Å². The number of carbonyl (C=O) groups excluding carboxylic acids is 1. The number of nitrogens with one attached hydrogen (secondary N) is 1. The lowest BCUT2D eigenvalue weighted by Crippen LogP contribution is -2.42. The average molecular weight is 291 g/mol. The van der Waals surface area contributed by atoms with Gasteiger partial charge in [-0.05, 0) is 36.9 Å². The summed E-state index contributed by atoms with van der Waals surface area (Å²) in [5.74, 6) is 0.200. The minimum atomic E-state index is 0.200. The monoisotopic (exact) mass is 291 g/mol. The van der Waals surface area contributed by atoms with Gasteiger partial charge in [0.1, 0.15) is 6.54 Å². The van der Waals surface area contributed by atoms with Gasteiger partial charge in [-0.2, -0.15) is 0 Å². The molecular weight excluding hydrogens is 266 g/mol. The number of hydrogen-bond acceptors (Lipinski definition) is 3. The van der Waals surface area contributed by atoms with E-state index in [1.54, 1.807) is 0 Å². The van der Waals surface area contributed by atoms with E-state index in [2.05, 4.69) is 29.2 Å². The first kappa shape index (κ1) is 14.6. The molecule has 1 saturated heterocycles. The molecule has 1 aliphatic heterocycles. The number of ether oxygens (including phenoxy) is 1. The van der Waals surface area contributed by atoms with Crippen molar-refractivity contribution >= 4 is 5.91 Å². The van der Waals surface area contributed by atoms with E-state index < -0.39 is 0 Å². The molecule has 1 aliphatic carbocycles. The molecule has 1 atom stereocenters. The lowest BCUT2D eigenvalue weighted by molar-refractivity contribution is -0.135. The first-order valence-electron chi connectivity index (χ1n) is 8.05. The molecule has 116 valence electrons. The average Bonchev–Trinajstić information content (AvgIpc) is 2.92. The summed E-state index contributed by atoms with van der Waals surface area (Å²) in [6.07, 6.45) is 7.89. The molecule has 2 aliphatic rings. The third-order valence-corrected chi connectivity index (χ3v) is 4.44. The van der Waals surface area contributed by atoms with Gasteiger partial charge in [-0.15, -0.1) is 0 Å². The van der Waals surface area contributed by atoms with Crippen molar-refractivity contribution in [1.29, 1.82) is 0 Å². The van der Waals surface area contributed by atoms with E-state index in [9.17, 15) is 4.79 Å². The van der Waals surface area contributed by atoms with Gasteiger partial charge < -0.3 is 19.5 Å². The minimum Gasteiger partial charge on any atom is -0.378 e. The van der Waals surface area contributed by atoms with Crippen molar-refractivity contribution < 1.29 is 9.53 Å². The number of aryl methyl sites for hydroxylation is 1. The molecule has 0 bridgehead atoms. The number of fused-ring (bicyclic) bond motifs is 1. The van der Waals surface area contributed by atoms with Gasteiger partial charge >= 0.3 is 0 Å². The van der Waals surface area contributed by atoms with Crippen molar-refractivity contribution in [2.45, 2.75) is 38.8 Å². The summed E-state index contributed by atoms with van der Waals surface area (Å²) in [6, 6.07) is 0.457. The fourth-order valence-corrected chi connectivity index (χ4v) is 3.37. The topological polar surface area (TPSA) is 46.5 Å². The molecule has 2 heterocycles. The molecule has 21 heavy (non-hydrogen) atoms. The van der Waals surface area contributed by atoms with Crippen LogP contribution in [0, 0.1) is 0 Å². The second kappa shape index (κ2) is 6.62. The van der Waals surface area contributed by atoms with E-state index in [0.717, 1.165) is 26.1 Å². The largest absolute Gasteiger partial charge is 0.378 e. The normalized spacial score (nSPS) is 22.1. The number of aromatic nitrogens is 1. The molecular formula is C16H25N3O2. The van der Waals surface area contributed by atoms with Crippen LogP contribution in [0.2, 0.25) is 0 Å². The Morgan fingerprint density at radius 3 is 2.95 bits per heavy atom. The summed E-state index contributed by atoms with van der Waals surface area (Å²) in [4.78, 5) is 14.2. The second-order valence-corrected chi connectivity index (χ2v) is 5.91. The molecule has 0 spiro atoms. The highest BCUT2D eigenvalue weighted by Gasteiger charge is 2.23. The van der Waals surface area contributed by atoms with Gasteiger partial charge in [0.25, 0.3) is 0 Å². The standard InChI is InChI=1S/C16H25N3O2/c1-2-17-15-5-3-4-13-10-18(11-14(13)15)12-16(20)19-6-8-21-9-7-19/h10-11,15,17H,2-9,12H2,1H3. The molecule has 1 aromatic rings. The van der Waals surface area contributed by atoms with Gasteiger partial charge in [0, 0.05) is 31.5 Å². The first-order valence-corrected chi connectivity index (χ1v) is 8.05. The van der Waals surface area contributed by atoms with Crippen molar-refractivity contribution in [1.82, 2.24) is 14.8 Å². The van der Waals surface area contributed by atoms with Gasteiger partial charge in [0.05, 0.1) is 13.2 Å². The first-order chi connectivity index (χ1) is 10.3. The third-order valence-electron chi connectivity index (χ3n) is 4.44. The van der Waals surface area contributed by atoms with Crippen LogP contribution in [0.15, 0.2) is 12.4 Å². The number of nitrogens with zero attached hydrogens (tertiary/aromatic N) is 2. The Bertz CT molecular complexity index is 492. The molecule has 0 aromatic carbocycles. The van der Waals surface area contributed by atoms with Crippen LogP contribution in [0.3, 0.4) is 0 Å². The molecule has 1 amide bonds. The van der Waals surface area contributed by atoms with Gasteiger partial charge in [-0.1, -0.05) is 6.92 Å². The molecule has 5 nitrogen and oxygen atoms in total. The highest BCUT2D eigenvalue weighted by atomic mass is 16.5. The lowest BCUT2D eigenvalue weighted by Gasteiger charge is -2.27. The zero-order valence-corrected chi connectivity index (χ0v) is 12.8. The highest BCUT2D eigenvalue weighted by molar-refractivity contribution is 5.76. The smallest absolute Gasteiger partial charge is 0.242 e. The van der Waals surface area contributed by atoms with E-state index >= 15 is 0 Å². The zero-order valence-electron chi connectivity index (χ0n) is 12.8. The van der Waals surface area contributed by atoms with E-state index in [1.807, 2.05) is 4.90 Å². The number of carbonyl (C=O) groups is 1. The Balaban J connectivity index is 1.67. The summed E-state index contributed by atoms with van der Waals surface area (Å²) in [7, 11) is 0. The summed E-state index contributed by atoms with van der Waals surface area (Å²) < 4.78 is 7.37. The van der Waals surface area contributed by atoms with E-state index in [-0.39, 0.29) is 5.91 Å². The predicted octanol–water partition coefficient (Wildman–Crippen LogP) is 1.33. The Kier molecular flexibility index (Phi) is 4.60. The van der Waals surface area contributed by atoms with Crippen LogP contribution >= 0.6 is 0 Å². The van der Waals surface area contributed by atoms with Crippen molar-refractivity contribution in [2.24, 2.45) is 0 Å². The predicted molar refractivity (Wildman–Crippen MR) is 81.2 cm³/mol. The Morgan fingerprint density at radius 2 is 2.19 bits per heavy atom. The fraction of sp³-hybridized carbons (Fsp3) is 0.688. The van der Waals surface area contributed by atoms with Gasteiger partial charge in [-0.3, -0.25) is 4.79 Å². The maximum absolute atomic E-state index is 12.3. The summed E-state index contributed by atoms with van der Waals surface area (Å²) in [6.45, 7) is 6.35. The van der Waals surface area contributed by atoms with Crippen LogP contribution in [0.5, 0.6) is 0 Å². The number of hydrogen-bond donors (Lipinski definition) is 1. The van der Waals surface area contributed by atoms with Gasteiger partial charge in [-0.25, -0.2) is 0 Å². The van der Waals surface area contributed by atoms with Crippen molar-refractivity contribution in [3.8, 4) is 0 Å². The molecule has 1 aromatic heterocycles. The Morgan fingerprint density at radius 1 is 1.38 bits per heavy atom. The molecule has 0 radical (unpaired) electrons. The minimum absolute atomic E-state index is 0.200. The molecule has 3 rings (SSSR count). The maximum Gasteiger partial charge on any atom is 0.242 e. The second-order valence-electron chi connectivity index (χ2n) is 5.91. The van der Waals surface area contributed by atoms with Crippen LogP contribution in [-0.4, -0.2) is 48.2 Å². The van der Waals surface area contributed by atoms with Crippen molar-refractivity contribution in [2.75, 3.05) is 32.8 Å². The van der Waals surface area contributed by atoms with Gasteiger partial charge in [0.2, 0.25) is 5.91 Å². The SMILES string of the molecule is CCNC1CCCc2cn(CC(=O)N3CCOCC3)cc21. The van der Waals surface area contributed by atoms with E-state index in [1.165, 1.54) is 24.0 Å². The third kappa shape index (κ3) is 3.30. The van der Waals surface area contributed by atoms with E-state index in [4.69, 9.17) is 4.74 Å². The summed E-state index contributed by atoms with van der Waals surface area (Å²) in [5.41, 5.74) is 2.79. The molecule has 1 fully saturated rings. The molecule has 1 N–H and O–H groups in total. The number of amides is 1. The zero-order chi connectivity index (χ0) is 14.7. The fourth-order valence-electron chi connectivity index (χ4n) is 3.37. The Hall–Kier alpha value is -1.33. The van der Waals surface area contributed by atoms with Crippen LogP contribution < -0.4 is 5.32 Å². The van der Waals surface area contributed by atoms with Gasteiger partial charge in [0.15, 0.2) is 0 Å².